The van der Waals surface area contributed by atoms with Gasteiger partial charge in [-0.2, -0.15) is 0 Å². The highest BCUT2D eigenvalue weighted by Crippen LogP contribution is 2.34. The fourth-order valence-corrected chi connectivity index (χ4v) is 3.06. The van der Waals surface area contributed by atoms with E-state index < -0.39 is 0 Å². The Bertz CT molecular complexity index is 651. The molecule has 24 heavy (non-hydrogen) atoms. The SMILES string of the molecule is O=C(Nc1ccc2c(c1)OCO2)C1CCN(C(=O)NC2CC2)CC1. The molecule has 128 valence electrons. The summed E-state index contributed by atoms with van der Waals surface area (Å²) in [6, 6.07) is 5.75. The van der Waals surface area contributed by atoms with Gasteiger partial charge in [-0.15, -0.1) is 0 Å². The standard InChI is InChI=1S/C17H21N3O4/c21-16(18-13-3-4-14-15(9-13)24-10-23-14)11-5-7-20(8-6-11)17(22)19-12-1-2-12/h3-4,9,11-12H,1-2,5-8,10H2,(H,18,21)(H,19,22). The predicted molar refractivity (Wildman–Crippen MR) is 87.0 cm³/mol. The van der Waals surface area contributed by atoms with Crippen LogP contribution in [0.3, 0.4) is 0 Å². The van der Waals surface area contributed by atoms with Gasteiger partial charge in [-0.05, 0) is 37.8 Å². The van der Waals surface area contributed by atoms with E-state index in [0.717, 1.165) is 12.8 Å². The van der Waals surface area contributed by atoms with Crippen LogP contribution in [0.25, 0.3) is 0 Å². The molecule has 0 spiro atoms. The number of piperidine rings is 1. The number of anilines is 1. The molecule has 0 bridgehead atoms. The summed E-state index contributed by atoms with van der Waals surface area (Å²) in [6.07, 6.45) is 3.54. The lowest BCUT2D eigenvalue weighted by Gasteiger charge is -2.31. The van der Waals surface area contributed by atoms with Crippen LogP contribution in [0.2, 0.25) is 0 Å². The molecule has 1 aromatic rings. The van der Waals surface area contributed by atoms with Crippen LogP contribution in [0.1, 0.15) is 25.7 Å². The van der Waals surface area contributed by atoms with Gasteiger partial charge >= 0.3 is 6.03 Å². The molecule has 2 fully saturated rings. The highest BCUT2D eigenvalue weighted by atomic mass is 16.7. The molecule has 3 amide bonds. The first-order chi connectivity index (χ1) is 11.7. The van der Waals surface area contributed by atoms with Crippen LogP contribution in [0.5, 0.6) is 11.5 Å². The normalized spacial score (nSPS) is 19.9. The van der Waals surface area contributed by atoms with E-state index in [0.29, 0.717) is 49.2 Å². The van der Waals surface area contributed by atoms with Crippen LogP contribution >= 0.6 is 0 Å². The van der Waals surface area contributed by atoms with Gasteiger partial charge in [0.2, 0.25) is 12.7 Å². The highest BCUT2D eigenvalue weighted by molar-refractivity contribution is 5.93. The van der Waals surface area contributed by atoms with Crippen LogP contribution < -0.4 is 20.1 Å². The molecule has 4 rings (SSSR count). The summed E-state index contributed by atoms with van der Waals surface area (Å²) in [7, 11) is 0. The summed E-state index contributed by atoms with van der Waals surface area (Å²) in [5.41, 5.74) is 0.707. The first-order valence-electron chi connectivity index (χ1n) is 8.45. The number of benzene rings is 1. The maximum Gasteiger partial charge on any atom is 0.317 e. The number of ether oxygens (including phenoxy) is 2. The minimum atomic E-state index is -0.0691. The van der Waals surface area contributed by atoms with Crippen molar-refractivity contribution in [3.05, 3.63) is 18.2 Å². The molecule has 2 heterocycles. The van der Waals surface area contributed by atoms with Crippen molar-refractivity contribution in [3.8, 4) is 11.5 Å². The number of carbonyl (C=O) groups is 2. The van der Waals surface area contributed by atoms with E-state index in [2.05, 4.69) is 10.6 Å². The molecule has 7 heteroatoms. The van der Waals surface area contributed by atoms with Crippen molar-refractivity contribution in [1.29, 1.82) is 0 Å². The van der Waals surface area contributed by atoms with E-state index in [9.17, 15) is 9.59 Å². The summed E-state index contributed by atoms with van der Waals surface area (Å²) < 4.78 is 10.6. The van der Waals surface area contributed by atoms with Crippen molar-refractivity contribution in [2.75, 3.05) is 25.2 Å². The van der Waals surface area contributed by atoms with E-state index in [1.165, 1.54) is 0 Å². The molecule has 2 N–H and O–H groups in total. The van der Waals surface area contributed by atoms with E-state index in [4.69, 9.17) is 9.47 Å². The zero-order valence-electron chi connectivity index (χ0n) is 13.4. The second-order valence-electron chi connectivity index (χ2n) is 6.54. The third kappa shape index (κ3) is 3.25. The van der Waals surface area contributed by atoms with E-state index in [-0.39, 0.29) is 24.6 Å². The average molecular weight is 331 g/mol. The van der Waals surface area contributed by atoms with Gasteiger partial charge in [-0.25, -0.2) is 4.79 Å². The Balaban J connectivity index is 1.29. The van der Waals surface area contributed by atoms with Gasteiger partial charge in [0, 0.05) is 36.8 Å². The number of hydrogen-bond acceptors (Lipinski definition) is 4. The second-order valence-corrected chi connectivity index (χ2v) is 6.54. The Hall–Kier alpha value is -2.44. The van der Waals surface area contributed by atoms with Crippen molar-refractivity contribution in [1.82, 2.24) is 10.2 Å². The number of rotatable bonds is 3. The molecule has 0 aromatic heterocycles. The van der Waals surface area contributed by atoms with Gasteiger partial charge in [0.15, 0.2) is 11.5 Å². The van der Waals surface area contributed by atoms with Crippen molar-refractivity contribution >= 4 is 17.6 Å². The molecule has 1 aromatic carbocycles. The number of hydrogen-bond donors (Lipinski definition) is 2. The number of amides is 3. The summed E-state index contributed by atoms with van der Waals surface area (Å²) in [5, 5.41) is 5.93. The number of carbonyl (C=O) groups excluding carboxylic acids is 2. The zero-order valence-corrected chi connectivity index (χ0v) is 13.4. The quantitative estimate of drug-likeness (QED) is 0.887. The maximum atomic E-state index is 12.4. The minimum absolute atomic E-state index is 0.00360. The first-order valence-corrected chi connectivity index (χ1v) is 8.45. The molecule has 2 aliphatic heterocycles. The fraction of sp³-hybridized carbons (Fsp3) is 0.529. The molecule has 0 unspecified atom stereocenters. The van der Waals surface area contributed by atoms with Crippen LogP contribution in [-0.4, -0.2) is 42.8 Å². The second kappa shape index (κ2) is 6.22. The number of nitrogens with zero attached hydrogens (tertiary/aromatic N) is 1. The topological polar surface area (TPSA) is 79.9 Å². The molecular weight excluding hydrogens is 310 g/mol. The van der Waals surface area contributed by atoms with Crippen molar-refractivity contribution in [2.24, 2.45) is 5.92 Å². The van der Waals surface area contributed by atoms with Crippen molar-refractivity contribution < 1.29 is 19.1 Å². The largest absolute Gasteiger partial charge is 0.454 e. The molecule has 1 aliphatic carbocycles. The van der Waals surface area contributed by atoms with Crippen molar-refractivity contribution in [2.45, 2.75) is 31.7 Å². The Morgan fingerprint density at radius 3 is 2.54 bits per heavy atom. The van der Waals surface area contributed by atoms with Gasteiger partial charge in [0.05, 0.1) is 0 Å². The number of nitrogens with one attached hydrogen (secondary N) is 2. The minimum Gasteiger partial charge on any atom is -0.454 e. The molecule has 1 saturated carbocycles. The van der Waals surface area contributed by atoms with Gasteiger partial charge in [-0.3, -0.25) is 4.79 Å². The lowest BCUT2D eigenvalue weighted by molar-refractivity contribution is -0.121. The summed E-state index contributed by atoms with van der Waals surface area (Å²) in [5.74, 6) is 1.28. The summed E-state index contributed by atoms with van der Waals surface area (Å²) in [6.45, 7) is 1.46. The molecule has 3 aliphatic rings. The zero-order chi connectivity index (χ0) is 16.5. The molecule has 0 atom stereocenters. The summed E-state index contributed by atoms with van der Waals surface area (Å²) in [4.78, 5) is 26.3. The van der Waals surface area contributed by atoms with Gasteiger partial charge in [-0.1, -0.05) is 0 Å². The Morgan fingerprint density at radius 1 is 1.04 bits per heavy atom. The van der Waals surface area contributed by atoms with Crippen LogP contribution in [0.15, 0.2) is 18.2 Å². The fourth-order valence-electron chi connectivity index (χ4n) is 3.06. The molecule has 7 nitrogen and oxygen atoms in total. The van der Waals surface area contributed by atoms with Crippen LogP contribution in [0, 0.1) is 5.92 Å². The molecule has 1 saturated heterocycles. The van der Waals surface area contributed by atoms with Gasteiger partial charge in [0.1, 0.15) is 0 Å². The average Bonchev–Trinajstić information content (AvgIpc) is 3.29. The highest BCUT2D eigenvalue weighted by Gasteiger charge is 2.30. The molecular formula is C17H21N3O4. The number of likely N-dealkylation sites (tertiary alicyclic amines) is 1. The number of urea groups is 1. The number of fused-ring (bicyclic) bond motifs is 1. The Kier molecular flexibility index (Phi) is 3.92. The van der Waals surface area contributed by atoms with Crippen molar-refractivity contribution in [3.63, 3.8) is 0 Å². The van der Waals surface area contributed by atoms with Crippen LogP contribution in [0.4, 0.5) is 10.5 Å². The lowest BCUT2D eigenvalue weighted by atomic mass is 9.96. The summed E-state index contributed by atoms with van der Waals surface area (Å²) >= 11 is 0. The van der Waals surface area contributed by atoms with Gasteiger partial charge in [0.25, 0.3) is 0 Å². The van der Waals surface area contributed by atoms with E-state index >= 15 is 0 Å². The van der Waals surface area contributed by atoms with Crippen LogP contribution in [-0.2, 0) is 4.79 Å². The Morgan fingerprint density at radius 2 is 1.79 bits per heavy atom. The Labute approximate surface area is 140 Å². The lowest BCUT2D eigenvalue weighted by Crippen LogP contribution is -2.46. The third-order valence-corrected chi connectivity index (χ3v) is 4.70. The maximum absolute atomic E-state index is 12.4. The monoisotopic (exact) mass is 331 g/mol. The third-order valence-electron chi connectivity index (χ3n) is 4.70. The van der Waals surface area contributed by atoms with E-state index in [1.54, 1.807) is 12.1 Å². The van der Waals surface area contributed by atoms with Gasteiger partial charge < -0.3 is 25.0 Å². The first kappa shape index (κ1) is 15.1. The predicted octanol–water partition coefficient (Wildman–Crippen LogP) is 1.94. The smallest absolute Gasteiger partial charge is 0.317 e. The molecule has 0 radical (unpaired) electrons. The van der Waals surface area contributed by atoms with E-state index in [1.807, 2.05) is 11.0 Å².